The molecule has 0 bridgehead atoms. The molecule has 2 aromatic rings. The van der Waals surface area contributed by atoms with Crippen molar-refractivity contribution in [3.63, 3.8) is 0 Å². The van der Waals surface area contributed by atoms with Crippen LogP contribution >= 0.6 is 11.3 Å². The summed E-state index contributed by atoms with van der Waals surface area (Å²) in [5.41, 5.74) is 6.75. The molecule has 3 rings (SSSR count). The van der Waals surface area contributed by atoms with Gasteiger partial charge in [0.25, 0.3) is 5.89 Å². The molecular formula is C12H15N3O2S. The van der Waals surface area contributed by atoms with Gasteiger partial charge < -0.3 is 15.0 Å². The summed E-state index contributed by atoms with van der Waals surface area (Å²) in [6.45, 7) is 2.85. The topological polar surface area (TPSA) is 74.2 Å². The molecule has 96 valence electrons. The number of thiophene rings is 1. The van der Waals surface area contributed by atoms with Crippen molar-refractivity contribution in [1.82, 2.24) is 10.1 Å². The van der Waals surface area contributed by atoms with E-state index < -0.39 is 0 Å². The SMILES string of the molecule is Cc1cc(-c2nc(CC3CCCO3)no2)c(N)s1. The lowest BCUT2D eigenvalue weighted by atomic mass is 10.2. The van der Waals surface area contributed by atoms with E-state index in [2.05, 4.69) is 10.1 Å². The first-order chi connectivity index (χ1) is 8.72. The highest BCUT2D eigenvalue weighted by Crippen LogP contribution is 2.32. The largest absolute Gasteiger partial charge is 0.390 e. The highest BCUT2D eigenvalue weighted by Gasteiger charge is 2.20. The number of nitrogen functional groups attached to an aromatic ring is 1. The van der Waals surface area contributed by atoms with Crippen molar-refractivity contribution < 1.29 is 9.26 Å². The van der Waals surface area contributed by atoms with Crippen molar-refractivity contribution in [1.29, 1.82) is 0 Å². The highest BCUT2D eigenvalue weighted by atomic mass is 32.1. The quantitative estimate of drug-likeness (QED) is 0.922. The van der Waals surface area contributed by atoms with Gasteiger partial charge in [-0.2, -0.15) is 4.98 Å². The molecule has 6 heteroatoms. The third-order valence-corrected chi connectivity index (χ3v) is 3.90. The smallest absolute Gasteiger partial charge is 0.260 e. The molecule has 0 spiro atoms. The van der Waals surface area contributed by atoms with Crippen molar-refractivity contribution in [2.45, 2.75) is 32.3 Å². The van der Waals surface area contributed by atoms with E-state index in [0.29, 0.717) is 18.1 Å². The Morgan fingerprint density at radius 1 is 1.56 bits per heavy atom. The Morgan fingerprint density at radius 3 is 3.11 bits per heavy atom. The van der Waals surface area contributed by atoms with Gasteiger partial charge in [-0.3, -0.25) is 0 Å². The van der Waals surface area contributed by atoms with E-state index in [4.69, 9.17) is 15.0 Å². The maximum atomic E-state index is 5.91. The average molecular weight is 265 g/mol. The summed E-state index contributed by atoms with van der Waals surface area (Å²) in [5.74, 6) is 1.20. The van der Waals surface area contributed by atoms with Crippen LogP contribution in [0.25, 0.3) is 11.5 Å². The maximum Gasteiger partial charge on any atom is 0.260 e. The van der Waals surface area contributed by atoms with Crippen molar-refractivity contribution in [3.8, 4) is 11.5 Å². The van der Waals surface area contributed by atoms with Gasteiger partial charge in [-0.05, 0) is 25.8 Å². The fourth-order valence-electron chi connectivity index (χ4n) is 2.15. The van der Waals surface area contributed by atoms with Gasteiger partial charge in [0.05, 0.1) is 16.7 Å². The molecule has 3 heterocycles. The normalized spacial score (nSPS) is 19.5. The molecule has 1 aliphatic heterocycles. The van der Waals surface area contributed by atoms with E-state index in [-0.39, 0.29) is 6.10 Å². The third kappa shape index (κ3) is 2.26. The van der Waals surface area contributed by atoms with Crippen LogP contribution in [0.3, 0.4) is 0 Å². The molecule has 1 atom stereocenters. The van der Waals surface area contributed by atoms with Crippen molar-refractivity contribution in [2.75, 3.05) is 12.3 Å². The summed E-state index contributed by atoms with van der Waals surface area (Å²) in [6, 6.07) is 1.98. The lowest BCUT2D eigenvalue weighted by Crippen LogP contribution is -2.09. The number of aromatic nitrogens is 2. The number of aryl methyl sites for hydroxylation is 1. The molecule has 2 N–H and O–H groups in total. The van der Waals surface area contributed by atoms with Crippen molar-refractivity contribution in [2.24, 2.45) is 0 Å². The van der Waals surface area contributed by atoms with Gasteiger partial charge in [0.15, 0.2) is 5.82 Å². The van der Waals surface area contributed by atoms with Gasteiger partial charge in [-0.25, -0.2) is 0 Å². The summed E-state index contributed by atoms with van der Waals surface area (Å²) < 4.78 is 10.8. The molecule has 0 aliphatic carbocycles. The van der Waals surface area contributed by atoms with Gasteiger partial charge in [0, 0.05) is 17.9 Å². The zero-order valence-electron chi connectivity index (χ0n) is 10.2. The second-order valence-corrected chi connectivity index (χ2v) is 5.78. The average Bonchev–Trinajstić information content (AvgIpc) is 3.01. The van der Waals surface area contributed by atoms with Crippen LogP contribution in [-0.4, -0.2) is 22.9 Å². The molecule has 2 aromatic heterocycles. The first kappa shape index (κ1) is 11.7. The zero-order chi connectivity index (χ0) is 12.5. The van der Waals surface area contributed by atoms with Crippen LogP contribution in [0, 0.1) is 6.92 Å². The van der Waals surface area contributed by atoms with Crippen molar-refractivity contribution >= 4 is 16.3 Å². The van der Waals surface area contributed by atoms with Crippen LogP contribution in [-0.2, 0) is 11.2 Å². The Labute approximate surface area is 109 Å². The molecule has 0 aromatic carbocycles. The van der Waals surface area contributed by atoms with Gasteiger partial charge >= 0.3 is 0 Å². The van der Waals surface area contributed by atoms with Crippen molar-refractivity contribution in [3.05, 3.63) is 16.8 Å². The number of nitrogens with zero attached hydrogens (tertiary/aromatic N) is 2. The van der Waals surface area contributed by atoms with E-state index in [9.17, 15) is 0 Å². The fourth-order valence-corrected chi connectivity index (χ4v) is 2.93. The molecule has 1 saturated heterocycles. The first-order valence-corrected chi connectivity index (χ1v) is 6.84. The Bertz CT molecular complexity index is 543. The van der Waals surface area contributed by atoms with Crippen LogP contribution in [0.15, 0.2) is 10.6 Å². The third-order valence-electron chi connectivity index (χ3n) is 3.02. The molecule has 1 fully saturated rings. The predicted octanol–water partition coefficient (Wildman–Crippen LogP) is 2.41. The van der Waals surface area contributed by atoms with Crippen LogP contribution in [0.5, 0.6) is 0 Å². The second kappa shape index (κ2) is 4.70. The van der Waals surface area contributed by atoms with Crippen LogP contribution < -0.4 is 5.73 Å². The summed E-state index contributed by atoms with van der Waals surface area (Å²) >= 11 is 1.53. The summed E-state index contributed by atoms with van der Waals surface area (Å²) in [4.78, 5) is 5.53. The fraction of sp³-hybridized carbons (Fsp3) is 0.500. The lowest BCUT2D eigenvalue weighted by molar-refractivity contribution is 0.109. The number of nitrogens with two attached hydrogens (primary N) is 1. The minimum Gasteiger partial charge on any atom is -0.390 e. The van der Waals surface area contributed by atoms with Gasteiger partial charge in [-0.1, -0.05) is 5.16 Å². The van der Waals surface area contributed by atoms with Gasteiger partial charge in [-0.15, -0.1) is 11.3 Å². The number of hydrogen-bond acceptors (Lipinski definition) is 6. The molecule has 1 aliphatic rings. The van der Waals surface area contributed by atoms with E-state index in [1.807, 2.05) is 13.0 Å². The standard InChI is InChI=1S/C12H15N3O2S/c1-7-5-9(11(13)18-7)12-14-10(15-17-12)6-8-3-2-4-16-8/h5,8H,2-4,6,13H2,1H3. The highest BCUT2D eigenvalue weighted by molar-refractivity contribution is 7.16. The zero-order valence-corrected chi connectivity index (χ0v) is 11.0. The monoisotopic (exact) mass is 265 g/mol. The van der Waals surface area contributed by atoms with E-state index in [0.717, 1.165) is 34.9 Å². The molecule has 5 nitrogen and oxygen atoms in total. The number of anilines is 1. The van der Waals surface area contributed by atoms with Gasteiger partial charge in [0.1, 0.15) is 0 Å². The molecular weight excluding hydrogens is 250 g/mol. The van der Waals surface area contributed by atoms with Crippen LogP contribution in [0.2, 0.25) is 0 Å². The molecule has 0 radical (unpaired) electrons. The molecule has 0 saturated carbocycles. The maximum absolute atomic E-state index is 5.91. The Morgan fingerprint density at radius 2 is 2.44 bits per heavy atom. The van der Waals surface area contributed by atoms with Crippen LogP contribution in [0.4, 0.5) is 5.00 Å². The van der Waals surface area contributed by atoms with E-state index in [1.165, 1.54) is 11.3 Å². The summed E-state index contributed by atoms with van der Waals surface area (Å²) in [5, 5.41) is 4.71. The molecule has 18 heavy (non-hydrogen) atoms. The molecule has 1 unspecified atom stereocenters. The predicted molar refractivity (Wildman–Crippen MR) is 69.4 cm³/mol. The number of rotatable bonds is 3. The Kier molecular flexibility index (Phi) is 3.05. The number of hydrogen-bond donors (Lipinski definition) is 1. The lowest BCUT2D eigenvalue weighted by Gasteiger charge is -2.03. The number of ether oxygens (including phenoxy) is 1. The first-order valence-electron chi connectivity index (χ1n) is 6.03. The summed E-state index contributed by atoms with van der Waals surface area (Å²) in [6.07, 6.45) is 3.14. The molecule has 0 amide bonds. The van der Waals surface area contributed by atoms with E-state index in [1.54, 1.807) is 0 Å². The van der Waals surface area contributed by atoms with Crippen LogP contribution in [0.1, 0.15) is 23.5 Å². The minimum atomic E-state index is 0.233. The van der Waals surface area contributed by atoms with Gasteiger partial charge in [0.2, 0.25) is 0 Å². The Hall–Kier alpha value is -1.40. The summed E-state index contributed by atoms with van der Waals surface area (Å²) in [7, 11) is 0. The second-order valence-electron chi connectivity index (χ2n) is 4.49. The minimum absolute atomic E-state index is 0.233. The Balaban J connectivity index is 1.78. The van der Waals surface area contributed by atoms with E-state index >= 15 is 0 Å².